The molecule has 0 fully saturated rings. The van der Waals surface area contributed by atoms with E-state index in [9.17, 15) is 18.0 Å². The molecule has 0 bridgehead atoms. The molecule has 6 heteroatoms. The molecule has 0 aliphatic carbocycles. The Labute approximate surface area is 125 Å². The van der Waals surface area contributed by atoms with E-state index in [1.807, 2.05) is 20.8 Å². The van der Waals surface area contributed by atoms with Crippen LogP contribution in [-0.4, -0.2) is 35.3 Å². The van der Waals surface area contributed by atoms with Crippen molar-refractivity contribution in [3.8, 4) is 0 Å². The number of ketones is 1. The van der Waals surface area contributed by atoms with Crippen molar-refractivity contribution in [2.24, 2.45) is 5.10 Å². The van der Waals surface area contributed by atoms with Crippen LogP contribution >= 0.6 is 0 Å². The minimum Gasteiger partial charge on any atom is -0.294 e. The highest BCUT2D eigenvalue weighted by Crippen LogP contribution is 2.20. The van der Waals surface area contributed by atoms with Gasteiger partial charge in [-0.15, -0.1) is 0 Å². The molecule has 0 aromatic heterocycles. The number of hydrogen-bond acceptors (Lipinski definition) is 3. The minimum absolute atomic E-state index is 0.0719. The second-order valence-corrected chi connectivity index (χ2v) is 6.23. The van der Waals surface area contributed by atoms with Gasteiger partial charge in [-0.05, 0) is 33.6 Å². The summed E-state index contributed by atoms with van der Waals surface area (Å²) in [6.07, 6.45) is -0.324. The van der Waals surface area contributed by atoms with Crippen molar-refractivity contribution in [2.75, 3.05) is 7.05 Å². The number of nitrogens with zero attached hydrogens (tertiary/aromatic N) is 2. The van der Waals surface area contributed by atoms with Crippen LogP contribution in [0.1, 0.15) is 66.2 Å². The number of hydrazone groups is 1. The lowest BCUT2D eigenvalue weighted by Crippen LogP contribution is -2.38. The summed E-state index contributed by atoms with van der Waals surface area (Å²) in [5.41, 5.74) is -0.823. The molecule has 21 heavy (non-hydrogen) atoms. The van der Waals surface area contributed by atoms with E-state index in [1.165, 1.54) is 5.01 Å². The summed E-state index contributed by atoms with van der Waals surface area (Å²) in [4.78, 5) is 11.5. The van der Waals surface area contributed by atoms with E-state index in [-0.39, 0.29) is 6.42 Å². The molecule has 0 rings (SSSR count). The zero-order valence-corrected chi connectivity index (χ0v) is 13.7. The van der Waals surface area contributed by atoms with E-state index in [0.717, 1.165) is 25.7 Å². The normalized spacial score (nSPS) is 13.4. The molecule has 3 nitrogen and oxygen atoms in total. The lowest BCUT2D eigenvalue weighted by Gasteiger charge is -2.30. The maximum Gasteiger partial charge on any atom is 0.456 e. The predicted molar refractivity (Wildman–Crippen MR) is 79.4 cm³/mol. The highest BCUT2D eigenvalue weighted by molar-refractivity contribution is 6.41. The van der Waals surface area contributed by atoms with Crippen molar-refractivity contribution in [1.29, 1.82) is 0 Å². The van der Waals surface area contributed by atoms with Crippen LogP contribution in [0, 0.1) is 0 Å². The van der Waals surface area contributed by atoms with Gasteiger partial charge in [0.05, 0.1) is 0 Å². The Morgan fingerprint density at radius 1 is 1.05 bits per heavy atom. The number of Topliss-reactive ketones (excluding diaryl/α,β-unsaturated/α-hetero) is 1. The van der Waals surface area contributed by atoms with Gasteiger partial charge in [0, 0.05) is 12.6 Å². The summed E-state index contributed by atoms with van der Waals surface area (Å²) in [5.74, 6) is -1.82. The smallest absolute Gasteiger partial charge is 0.294 e. The van der Waals surface area contributed by atoms with Crippen molar-refractivity contribution in [2.45, 2.75) is 77.9 Å². The van der Waals surface area contributed by atoms with Crippen LogP contribution < -0.4 is 0 Å². The molecule has 0 aromatic rings. The van der Waals surface area contributed by atoms with Gasteiger partial charge in [0.2, 0.25) is 0 Å². The number of rotatable bonds is 8. The van der Waals surface area contributed by atoms with E-state index in [0.29, 0.717) is 6.42 Å². The molecule has 0 N–H and O–H groups in total. The average molecular weight is 308 g/mol. The van der Waals surface area contributed by atoms with Gasteiger partial charge in [0.15, 0.2) is 0 Å². The number of carbonyl (C=O) groups is 1. The van der Waals surface area contributed by atoms with E-state index in [4.69, 9.17) is 0 Å². The fourth-order valence-electron chi connectivity index (χ4n) is 1.60. The fourth-order valence-corrected chi connectivity index (χ4v) is 1.60. The van der Waals surface area contributed by atoms with Crippen LogP contribution in [0.3, 0.4) is 0 Å². The largest absolute Gasteiger partial charge is 0.456 e. The lowest BCUT2D eigenvalue weighted by atomic mass is 10.1. The van der Waals surface area contributed by atoms with Crippen LogP contribution in [0.5, 0.6) is 0 Å². The first-order valence-corrected chi connectivity index (χ1v) is 7.43. The summed E-state index contributed by atoms with van der Waals surface area (Å²) in [6, 6.07) is 0. The standard InChI is InChI=1S/C15H27F3N2O/c1-6-7-8-9-10-11-12(13(21)15(16,17)18)19-20(5)14(2,3)4/h6-11H2,1-5H3/b19-12+. The summed E-state index contributed by atoms with van der Waals surface area (Å²) in [5, 5.41) is 5.33. The van der Waals surface area contributed by atoms with Crippen molar-refractivity contribution >= 4 is 11.5 Å². The maximum atomic E-state index is 12.6. The second-order valence-electron chi connectivity index (χ2n) is 6.23. The van der Waals surface area contributed by atoms with Crippen LogP contribution in [0.15, 0.2) is 5.10 Å². The molecule has 0 aromatic carbocycles. The first kappa shape index (κ1) is 19.9. The van der Waals surface area contributed by atoms with E-state index < -0.39 is 23.2 Å². The Morgan fingerprint density at radius 3 is 2.00 bits per heavy atom. The number of carbonyl (C=O) groups excluding carboxylic acids is 1. The lowest BCUT2D eigenvalue weighted by molar-refractivity contribution is -0.163. The molecular weight excluding hydrogens is 281 g/mol. The second kappa shape index (κ2) is 8.39. The van der Waals surface area contributed by atoms with Crippen molar-refractivity contribution < 1.29 is 18.0 Å². The van der Waals surface area contributed by atoms with Crippen LogP contribution in [-0.2, 0) is 4.79 Å². The highest BCUT2D eigenvalue weighted by atomic mass is 19.4. The van der Waals surface area contributed by atoms with Gasteiger partial charge in [-0.2, -0.15) is 18.3 Å². The van der Waals surface area contributed by atoms with Crippen LogP contribution in [0.25, 0.3) is 0 Å². The first-order valence-electron chi connectivity index (χ1n) is 7.43. The zero-order valence-electron chi connectivity index (χ0n) is 13.7. The third kappa shape index (κ3) is 8.07. The number of alkyl halides is 3. The molecule has 0 aliphatic rings. The molecule has 0 spiro atoms. The van der Waals surface area contributed by atoms with Gasteiger partial charge in [0.25, 0.3) is 5.78 Å². The van der Waals surface area contributed by atoms with E-state index >= 15 is 0 Å². The quantitative estimate of drug-likeness (QED) is 0.374. The van der Waals surface area contributed by atoms with Gasteiger partial charge < -0.3 is 0 Å². The summed E-state index contributed by atoms with van der Waals surface area (Å²) >= 11 is 0. The Balaban J connectivity index is 4.87. The molecule has 0 aliphatic heterocycles. The molecule has 0 radical (unpaired) electrons. The van der Waals surface area contributed by atoms with Crippen molar-refractivity contribution in [1.82, 2.24) is 5.01 Å². The van der Waals surface area contributed by atoms with Gasteiger partial charge >= 0.3 is 6.18 Å². The molecule has 0 saturated heterocycles. The molecule has 0 saturated carbocycles. The van der Waals surface area contributed by atoms with Crippen molar-refractivity contribution in [3.63, 3.8) is 0 Å². The maximum absolute atomic E-state index is 12.6. The third-order valence-corrected chi connectivity index (χ3v) is 3.28. The van der Waals surface area contributed by atoms with E-state index in [1.54, 1.807) is 7.05 Å². The SMILES string of the molecule is CCCCCCC/C(=N\N(C)C(C)(C)C)C(=O)C(F)(F)F. The summed E-state index contributed by atoms with van der Waals surface area (Å²) < 4.78 is 37.9. The molecular formula is C15H27F3N2O. The first-order chi connectivity index (χ1) is 9.50. The number of halogens is 3. The highest BCUT2D eigenvalue weighted by Gasteiger charge is 2.41. The Hall–Kier alpha value is -1.07. The fraction of sp³-hybridized carbons (Fsp3) is 0.867. The van der Waals surface area contributed by atoms with E-state index in [2.05, 4.69) is 12.0 Å². The van der Waals surface area contributed by atoms with Gasteiger partial charge in [-0.1, -0.05) is 32.6 Å². The topological polar surface area (TPSA) is 32.7 Å². The molecule has 0 atom stereocenters. The third-order valence-electron chi connectivity index (χ3n) is 3.28. The zero-order chi connectivity index (χ0) is 16.7. The van der Waals surface area contributed by atoms with Gasteiger partial charge in [0.1, 0.15) is 5.71 Å². The Bertz CT molecular complexity index is 357. The van der Waals surface area contributed by atoms with Gasteiger partial charge in [-0.25, -0.2) is 0 Å². The predicted octanol–water partition coefficient (Wildman–Crippen LogP) is 4.56. The molecule has 0 amide bonds. The summed E-state index contributed by atoms with van der Waals surface area (Å²) in [6.45, 7) is 7.55. The molecule has 0 unspecified atom stereocenters. The number of hydrogen-bond donors (Lipinski definition) is 0. The van der Waals surface area contributed by atoms with Crippen molar-refractivity contribution in [3.05, 3.63) is 0 Å². The summed E-state index contributed by atoms with van der Waals surface area (Å²) in [7, 11) is 1.58. The monoisotopic (exact) mass is 308 g/mol. The van der Waals surface area contributed by atoms with Crippen LogP contribution in [0.2, 0.25) is 0 Å². The van der Waals surface area contributed by atoms with Crippen LogP contribution in [0.4, 0.5) is 13.2 Å². The Morgan fingerprint density at radius 2 is 1.57 bits per heavy atom. The minimum atomic E-state index is -4.86. The average Bonchev–Trinajstić information content (AvgIpc) is 2.33. The Kier molecular flexibility index (Phi) is 7.96. The molecule has 124 valence electrons. The molecule has 0 heterocycles. The van der Waals surface area contributed by atoms with Gasteiger partial charge in [-0.3, -0.25) is 9.80 Å². The number of unbranched alkanes of at least 4 members (excludes halogenated alkanes) is 4.